The van der Waals surface area contributed by atoms with Gasteiger partial charge in [-0.1, -0.05) is 44.0 Å². The Morgan fingerprint density at radius 3 is 2.55 bits per heavy atom. The number of aromatic nitrogens is 3. The van der Waals surface area contributed by atoms with Gasteiger partial charge in [0, 0.05) is 36.5 Å². The van der Waals surface area contributed by atoms with E-state index in [1.807, 2.05) is 6.07 Å². The van der Waals surface area contributed by atoms with Gasteiger partial charge in [0.25, 0.3) is 12.0 Å². The normalized spacial score (nSPS) is 11.1. The van der Waals surface area contributed by atoms with Gasteiger partial charge < -0.3 is 19.4 Å². The van der Waals surface area contributed by atoms with Gasteiger partial charge in [-0.3, -0.25) is 9.59 Å². The first-order valence-corrected chi connectivity index (χ1v) is 14.3. The Hall–Kier alpha value is -3.47. The Morgan fingerprint density at radius 1 is 1.02 bits per heavy atom. The lowest BCUT2D eigenvalue weighted by atomic mass is 10.1. The highest BCUT2D eigenvalue weighted by molar-refractivity contribution is 7.99. The van der Waals surface area contributed by atoms with E-state index in [1.165, 1.54) is 35.6 Å². The van der Waals surface area contributed by atoms with Gasteiger partial charge in [-0.05, 0) is 42.7 Å². The summed E-state index contributed by atoms with van der Waals surface area (Å²) in [5, 5.41) is 3.11. The zero-order valence-corrected chi connectivity index (χ0v) is 23.9. The molecule has 3 aromatic rings. The molecule has 0 spiro atoms. The molecular weight excluding hydrogens is 538 g/mol. The smallest absolute Gasteiger partial charge is 0.280 e. The van der Waals surface area contributed by atoms with Gasteiger partial charge in [0.05, 0.1) is 26.5 Å². The summed E-state index contributed by atoms with van der Waals surface area (Å²) < 4.78 is 39.4. The molecule has 11 heteroatoms. The molecule has 1 N–H and O–H groups in total. The summed E-state index contributed by atoms with van der Waals surface area (Å²) in [6.07, 6.45) is 4.10. The summed E-state index contributed by atoms with van der Waals surface area (Å²) >= 11 is 1.23. The van der Waals surface area contributed by atoms with Crippen molar-refractivity contribution in [1.29, 1.82) is 0 Å². The molecule has 0 aliphatic rings. The number of methoxy groups -OCH3 is 2. The van der Waals surface area contributed by atoms with Crippen molar-refractivity contribution < 1.29 is 23.0 Å². The summed E-state index contributed by atoms with van der Waals surface area (Å²) in [4.78, 5) is 33.1. The maximum absolute atomic E-state index is 13.7. The molecule has 0 saturated carbocycles. The Kier molecular flexibility index (Phi) is 12.4. The van der Waals surface area contributed by atoms with Crippen molar-refractivity contribution in [2.75, 3.05) is 26.5 Å². The number of hydrogen-bond acceptors (Lipinski definition) is 7. The van der Waals surface area contributed by atoms with Crippen molar-refractivity contribution in [3.05, 3.63) is 64.2 Å². The molecule has 0 aliphatic heterocycles. The number of thioether (sulfide) groups is 1. The van der Waals surface area contributed by atoms with E-state index < -0.39 is 12.1 Å². The summed E-state index contributed by atoms with van der Waals surface area (Å²) in [7, 11) is 3.07. The highest BCUT2D eigenvalue weighted by atomic mass is 32.2. The molecule has 0 atom stereocenters. The van der Waals surface area contributed by atoms with Gasteiger partial charge in [0.1, 0.15) is 5.69 Å². The molecule has 0 aliphatic carbocycles. The Balaban J connectivity index is 1.70. The Bertz CT molecular complexity index is 1320. The first-order chi connectivity index (χ1) is 19.3. The number of amides is 1. The van der Waals surface area contributed by atoms with Crippen LogP contribution in [0.1, 0.15) is 63.1 Å². The van der Waals surface area contributed by atoms with Crippen molar-refractivity contribution in [3.63, 3.8) is 0 Å². The third-order valence-electron chi connectivity index (χ3n) is 6.16. The number of benzene rings is 1. The first-order valence-electron chi connectivity index (χ1n) is 13.3. The van der Waals surface area contributed by atoms with E-state index in [0.717, 1.165) is 31.2 Å². The average molecular weight is 575 g/mol. The molecule has 0 radical (unpaired) electrons. The van der Waals surface area contributed by atoms with Crippen LogP contribution in [0.25, 0.3) is 11.3 Å². The zero-order chi connectivity index (χ0) is 28.9. The molecule has 2 heterocycles. The number of carbonyl (C=O) groups is 1. The monoisotopic (exact) mass is 574 g/mol. The van der Waals surface area contributed by atoms with Crippen molar-refractivity contribution in [2.45, 2.75) is 63.6 Å². The molecule has 0 saturated heterocycles. The maximum atomic E-state index is 13.7. The number of halogens is 2. The minimum atomic E-state index is -2.78. The number of carbonyl (C=O) groups excluding carboxylic acids is 1. The van der Waals surface area contributed by atoms with E-state index in [1.54, 1.807) is 31.5 Å². The van der Waals surface area contributed by atoms with Crippen LogP contribution in [0.4, 0.5) is 8.78 Å². The van der Waals surface area contributed by atoms with Crippen LogP contribution in [0.15, 0.2) is 52.5 Å². The highest BCUT2D eigenvalue weighted by Crippen LogP contribution is 2.29. The number of ether oxygens (including phenoxy) is 2. The van der Waals surface area contributed by atoms with Gasteiger partial charge in [-0.15, -0.1) is 0 Å². The molecule has 8 nitrogen and oxygen atoms in total. The van der Waals surface area contributed by atoms with Crippen LogP contribution >= 0.6 is 11.8 Å². The number of nitrogens with one attached hydrogen (secondary N) is 1. The maximum Gasteiger partial charge on any atom is 0.280 e. The lowest BCUT2D eigenvalue weighted by Crippen LogP contribution is -2.24. The van der Waals surface area contributed by atoms with Crippen LogP contribution in [-0.4, -0.2) is 47.0 Å². The summed E-state index contributed by atoms with van der Waals surface area (Å²) in [5.74, 6) is 1.60. The number of alkyl halides is 2. The van der Waals surface area contributed by atoms with Crippen LogP contribution in [0, 0.1) is 0 Å². The molecule has 0 bridgehead atoms. The summed E-state index contributed by atoms with van der Waals surface area (Å²) in [6.45, 7) is 3.05. The van der Waals surface area contributed by atoms with Gasteiger partial charge in [0.15, 0.2) is 16.7 Å². The van der Waals surface area contributed by atoms with E-state index in [0.29, 0.717) is 47.9 Å². The lowest BCUT2D eigenvalue weighted by molar-refractivity contribution is -0.121. The van der Waals surface area contributed by atoms with Crippen LogP contribution in [-0.2, 0) is 11.3 Å². The third kappa shape index (κ3) is 9.32. The van der Waals surface area contributed by atoms with E-state index in [2.05, 4.69) is 22.2 Å². The highest BCUT2D eigenvalue weighted by Gasteiger charge is 2.16. The molecule has 40 heavy (non-hydrogen) atoms. The predicted molar refractivity (Wildman–Crippen MR) is 152 cm³/mol. The fourth-order valence-electron chi connectivity index (χ4n) is 4.01. The number of unbranched alkanes of at least 4 members (excludes halogenated alkanes) is 3. The van der Waals surface area contributed by atoms with Crippen molar-refractivity contribution in [2.24, 2.45) is 0 Å². The SMILES string of the molecule is CCCCCCNC(=O)CCCSc1nc(-c2ccc(=O)n(Cc3ccc(OC)c(OC)c3)c2)cc(C(F)F)n1. The number of nitrogens with zero attached hydrogens (tertiary/aromatic N) is 3. The molecule has 2 aromatic heterocycles. The number of hydrogen-bond donors (Lipinski definition) is 1. The average Bonchev–Trinajstić information content (AvgIpc) is 2.96. The number of rotatable bonds is 16. The second-order valence-electron chi connectivity index (χ2n) is 9.20. The lowest BCUT2D eigenvalue weighted by Gasteiger charge is -2.12. The van der Waals surface area contributed by atoms with E-state index in [-0.39, 0.29) is 23.2 Å². The third-order valence-corrected chi connectivity index (χ3v) is 7.09. The summed E-state index contributed by atoms with van der Waals surface area (Å²) in [6, 6.07) is 9.53. The fraction of sp³-hybridized carbons (Fsp3) is 0.448. The topological polar surface area (TPSA) is 95.3 Å². The molecule has 0 fully saturated rings. The van der Waals surface area contributed by atoms with Crippen molar-refractivity contribution in [3.8, 4) is 22.8 Å². The minimum absolute atomic E-state index is 0.0169. The molecule has 216 valence electrons. The number of pyridine rings is 1. The zero-order valence-electron chi connectivity index (χ0n) is 23.1. The van der Waals surface area contributed by atoms with Crippen molar-refractivity contribution >= 4 is 17.7 Å². The van der Waals surface area contributed by atoms with E-state index in [9.17, 15) is 18.4 Å². The van der Waals surface area contributed by atoms with Gasteiger partial charge >= 0.3 is 0 Å². The molecule has 1 aromatic carbocycles. The van der Waals surface area contributed by atoms with Crippen LogP contribution in [0.5, 0.6) is 11.5 Å². The van der Waals surface area contributed by atoms with Gasteiger partial charge in [-0.25, -0.2) is 18.7 Å². The molecule has 3 rings (SSSR count). The van der Waals surface area contributed by atoms with Crippen LogP contribution in [0.2, 0.25) is 0 Å². The second kappa shape index (κ2) is 16.0. The van der Waals surface area contributed by atoms with E-state index in [4.69, 9.17) is 9.47 Å². The molecular formula is C29H36F2N4O4S. The quantitative estimate of drug-likeness (QED) is 0.130. The first kappa shape index (κ1) is 31.1. The Morgan fingerprint density at radius 2 is 1.82 bits per heavy atom. The predicted octanol–water partition coefficient (Wildman–Crippen LogP) is 5.88. The van der Waals surface area contributed by atoms with Gasteiger partial charge in [0.2, 0.25) is 5.91 Å². The Labute approximate surface area is 237 Å². The minimum Gasteiger partial charge on any atom is -0.493 e. The van der Waals surface area contributed by atoms with Crippen LogP contribution in [0.3, 0.4) is 0 Å². The molecule has 1 amide bonds. The summed E-state index contributed by atoms with van der Waals surface area (Å²) in [5.41, 5.74) is 0.955. The van der Waals surface area contributed by atoms with Crippen molar-refractivity contribution in [1.82, 2.24) is 19.9 Å². The second-order valence-corrected chi connectivity index (χ2v) is 10.3. The standard InChI is InChI=1S/C29H36F2N4O4S/c1-4-5-6-7-14-32-26(36)9-8-15-40-29-33-22(17-23(34-29)28(30)31)21-11-13-27(37)35(19-21)18-20-10-12-24(38-2)25(16-20)39-3/h10-13,16-17,19,28H,4-9,14-15,18H2,1-3H3,(H,32,36). The van der Waals surface area contributed by atoms with Crippen LogP contribution < -0.4 is 20.3 Å². The largest absolute Gasteiger partial charge is 0.493 e. The van der Waals surface area contributed by atoms with E-state index >= 15 is 0 Å². The fourth-order valence-corrected chi connectivity index (χ4v) is 4.82. The van der Waals surface area contributed by atoms with Gasteiger partial charge in [-0.2, -0.15) is 0 Å². The molecule has 0 unspecified atom stereocenters.